The molecule has 4 heterocycles. The molecule has 3 aromatic heterocycles. The van der Waals surface area contributed by atoms with Crippen molar-refractivity contribution >= 4 is 17.2 Å². The van der Waals surface area contributed by atoms with Crippen LogP contribution in [0.15, 0.2) is 48.9 Å². The molecule has 1 aliphatic carbocycles. The largest absolute Gasteiger partial charge is 0.388 e. The van der Waals surface area contributed by atoms with Crippen molar-refractivity contribution in [3.63, 3.8) is 0 Å². The molecule has 0 spiro atoms. The summed E-state index contributed by atoms with van der Waals surface area (Å²) in [5.74, 6) is -1.18. The molecular weight excluding hydrogens is 530 g/mol. The van der Waals surface area contributed by atoms with Gasteiger partial charge in [-0.2, -0.15) is 9.61 Å². The Bertz CT molecular complexity index is 1550. The van der Waals surface area contributed by atoms with Crippen molar-refractivity contribution in [1.29, 1.82) is 0 Å². The molecule has 216 valence electrons. The van der Waals surface area contributed by atoms with Crippen LogP contribution in [0.25, 0.3) is 16.8 Å². The van der Waals surface area contributed by atoms with Crippen molar-refractivity contribution in [3.05, 3.63) is 71.7 Å². The first-order valence-electron chi connectivity index (χ1n) is 13.9. The van der Waals surface area contributed by atoms with Crippen LogP contribution in [0.3, 0.4) is 0 Å². The van der Waals surface area contributed by atoms with Gasteiger partial charge in [-0.05, 0) is 73.1 Å². The van der Waals surface area contributed by atoms with E-state index < -0.39 is 22.8 Å². The third-order valence-corrected chi connectivity index (χ3v) is 9.01. The molecule has 1 saturated heterocycles. The highest BCUT2D eigenvalue weighted by atomic mass is 19.1. The number of hydrogen-bond donors (Lipinski definition) is 4. The van der Waals surface area contributed by atoms with Gasteiger partial charge in [0.2, 0.25) is 5.95 Å². The molecular formula is C30H34F2N6O3. The standard InChI is InChI=1S/C30H34F2N6O3/c1-17-11-18(12-26(33)29(17,2)39)21-5-8-34-16-25(21)36-28-35-15-20-3-4-24(37-38(20)28)27-22(31)13-19(14-23(27)32)30(40)6-9-41-10-7-30/h3-5,8,13-18,26,39-40H,6-7,9-12,33H2,1-2H3,(H,35,36)/t17-,18+,26+,29+/m0/s1. The van der Waals surface area contributed by atoms with E-state index in [1.54, 1.807) is 31.6 Å². The van der Waals surface area contributed by atoms with Crippen LogP contribution >= 0.6 is 0 Å². The van der Waals surface area contributed by atoms with Gasteiger partial charge in [0.25, 0.3) is 0 Å². The molecule has 1 saturated carbocycles. The molecule has 0 amide bonds. The molecule has 9 nitrogen and oxygen atoms in total. The minimum Gasteiger partial charge on any atom is -0.388 e. The van der Waals surface area contributed by atoms with Gasteiger partial charge in [-0.15, -0.1) is 0 Å². The molecule has 41 heavy (non-hydrogen) atoms. The minimum absolute atomic E-state index is 0.00270. The van der Waals surface area contributed by atoms with Crippen LogP contribution in [0.4, 0.5) is 20.4 Å². The summed E-state index contributed by atoms with van der Waals surface area (Å²) in [6.07, 6.45) is 6.92. The van der Waals surface area contributed by atoms with E-state index in [2.05, 4.69) is 20.4 Å². The normalized spacial score (nSPS) is 26.3. The van der Waals surface area contributed by atoms with Crippen LogP contribution in [0.2, 0.25) is 0 Å². The second-order valence-corrected chi connectivity index (χ2v) is 11.6. The van der Waals surface area contributed by atoms with Gasteiger partial charge in [0.05, 0.1) is 46.1 Å². The van der Waals surface area contributed by atoms with E-state index in [1.165, 1.54) is 22.7 Å². The van der Waals surface area contributed by atoms with Gasteiger partial charge in [0.15, 0.2) is 0 Å². The summed E-state index contributed by atoms with van der Waals surface area (Å²) in [6.45, 7) is 4.43. The fourth-order valence-corrected chi connectivity index (χ4v) is 6.10. The highest BCUT2D eigenvalue weighted by Gasteiger charge is 2.42. The molecule has 0 radical (unpaired) electrons. The van der Waals surface area contributed by atoms with Gasteiger partial charge in [-0.3, -0.25) is 4.98 Å². The maximum absolute atomic E-state index is 15.4. The van der Waals surface area contributed by atoms with E-state index in [4.69, 9.17) is 10.5 Å². The van der Waals surface area contributed by atoms with E-state index in [1.807, 2.05) is 13.0 Å². The van der Waals surface area contributed by atoms with Crippen molar-refractivity contribution in [1.82, 2.24) is 19.6 Å². The third-order valence-electron chi connectivity index (χ3n) is 9.01. The predicted octanol–water partition coefficient (Wildman–Crippen LogP) is 4.40. The summed E-state index contributed by atoms with van der Waals surface area (Å²) in [6, 6.07) is 7.14. The number of benzene rings is 1. The Balaban J connectivity index is 1.32. The van der Waals surface area contributed by atoms with Crippen molar-refractivity contribution in [2.45, 2.75) is 62.7 Å². The van der Waals surface area contributed by atoms with Crippen molar-refractivity contribution in [2.24, 2.45) is 11.7 Å². The van der Waals surface area contributed by atoms with Crippen LogP contribution in [0, 0.1) is 17.6 Å². The first-order chi connectivity index (χ1) is 19.6. The summed E-state index contributed by atoms with van der Waals surface area (Å²) in [7, 11) is 0. The van der Waals surface area contributed by atoms with Crippen molar-refractivity contribution < 1.29 is 23.7 Å². The highest BCUT2D eigenvalue weighted by molar-refractivity contribution is 5.66. The quantitative estimate of drug-likeness (QED) is 0.281. The first kappa shape index (κ1) is 27.6. The number of aliphatic hydroxyl groups is 2. The lowest BCUT2D eigenvalue weighted by Crippen LogP contribution is -2.54. The number of nitrogens with two attached hydrogens (primary N) is 1. The van der Waals surface area contributed by atoms with Gasteiger partial charge in [-0.25, -0.2) is 13.8 Å². The fraction of sp³-hybridized carbons (Fsp3) is 0.433. The number of hydrogen-bond acceptors (Lipinski definition) is 8. The Morgan fingerprint density at radius 1 is 1.07 bits per heavy atom. The van der Waals surface area contributed by atoms with Crippen LogP contribution < -0.4 is 11.1 Å². The Kier molecular flexibility index (Phi) is 7.01. The molecule has 11 heteroatoms. The number of pyridine rings is 1. The molecule has 4 atom stereocenters. The fourth-order valence-electron chi connectivity index (χ4n) is 6.10. The average Bonchev–Trinajstić information content (AvgIpc) is 3.34. The van der Waals surface area contributed by atoms with Crippen molar-refractivity contribution in [3.8, 4) is 11.3 Å². The summed E-state index contributed by atoms with van der Waals surface area (Å²) in [5, 5.41) is 29.5. The number of rotatable bonds is 5. The van der Waals surface area contributed by atoms with E-state index >= 15 is 8.78 Å². The second-order valence-electron chi connectivity index (χ2n) is 11.6. The smallest absolute Gasteiger partial charge is 0.229 e. The lowest BCUT2D eigenvalue weighted by molar-refractivity contribution is -0.0682. The minimum atomic E-state index is -1.34. The topological polar surface area (TPSA) is 131 Å². The summed E-state index contributed by atoms with van der Waals surface area (Å²) < 4.78 is 37.5. The monoisotopic (exact) mass is 564 g/mol. The number of fused-ring (bicyclic) bond motifs is 1. The van der Waals surface area contributed by atoms with Gasteiger partial charge in [0, 0.05) is 38.3 Å². The zero-order valence-electron chi connectivity index (χ0n) is 23.0. The Morgan fingerprint density at radius 2 is 1.80 bits per heavy atom. The predicted molar refractivity (Wildman–Crippen MR) is 150 cm³/mol. The van der Waals surface area contributed by atoms with E-state index in [0.29, 0.717) is 36.8 Å². The molecule has 0 bridgehead atoms. The Morgan fingerprint density at radius 3 is 2.51 bits per heavy atom. The molecule has 2 fully saturated rings. The lowest BCUT2D eigenvalue weighted by atomic mass is 9.68. The Labute approximate surface area is 236 Å². The lowest BCUT2D eigenvalue weighted by Gasteiger charge is -2.44. The van der Waals surface area contributed by atoms with E-state index in [9.17, 15) is 10.2 Å². The summed E-state index contributed by atoms with van der Waals surface area (Å²) in [5.41, 5.74) is 6.38. The number of anilines is 2. The highest BCUT2D eigenvalue weighted by Crippen LogP contribution is 2.43. The zero-order chi connectivity index (χ0) is 28.9. The number of ether oxygens (including phenoxy) is 1. The molecule has 4 aromatic rings. The molecule has 1 aromatic carbocycles. The van der Waals surface area contributed by atoms with E-state index in [-0.39, 0.29) is 47.5 Å². The summed E-state index contributed by atoms with van der Waals surface area (Å²) in [4.78, 5) is 8.74. The SMILES string of the molecule is C[C@H]1C[C@@H](c2ccncc2Nc2ncc3ccc(-c4c(F)cc(C5(O)CCOCC5)cc4F)nn23)C[C@@H](N)[C@]1(C)O. The number of aromatic nitrogens is 4. The number of halogens is 2. The van der Waals surface area contributed by atoms with E-state index in [0.717, 1.165) is 12.0 Å². The van der Waals surface area contributed by atoms with Gasteiger partial charge in [-0.1, -0.05) is 6.92 Å². The summed E-state index contributed by atoms with van der Waals surface area (Å²) >= 11 is 0. The molecule has 0 unspecified atom stereocenters. The number of nitrogens with zero attached hydrogens (tertiary/aromatic N) is 4. The number of imidazole rings is 1. The van der Waals surface area contributed by atoms with Gasteiger partial charge in [0.1, 0.15) is 11.6 Å². The van der Waals surface area contributed by atoms with Crippen LogP contribution in [0.1, 0.15) is 56.6 Å². The van der Waals surface area contributed by atoms with Crippen LogP contribution in [0.5, 0.6) is 0 Å². The number of nitrogens with one attached hydrogen (secondary N) is 1. The van der Waals surface area contributed by atoms with Gasteiger partial charge < -0.3 is 26.0 Å². The van der Waals surface area contributed by atoms with Crippen molar-refractivity contribution in [2.75, 3.05) is 18.5 Å². The molecule has 6 rings (SSSR count). The average molecular weight is 565 g/mol. The second kappa shape index (κ2) is 10.4. The molecule has 1 aliphatic heterocycles. The zero-order valence-corrected chi connectivity index (χ0v) is 23.0. The Hall–Kier alpha value is -3.51. The first-order valence-corrected chi connectivity index (χ1v) is 13.9. The van der Waals surface area contributed by atoms with Crippen LogP contribution in [-0.2, 0) is 10.3 Å². The maximum Gasteiger partial charge on any atom is 0.229 e. The third kappa shape index (κ3) is 4.97. The molecule has 5 N–H and O–H groups in total. The van der Waals surface area contributed by atoms with Crippen LogP contribution in [-0.4, -0.2) is 54.7 Å². The van der Waals surface area contributed by atoms with Gasteiger partial charge >= 0.3 is 0 Å². The maximum atomic E-state index is 15.4. The molecule has 2 aliphatic rings.